The molecule has 0 unspecified atom stereocenters. The second kappa shape index (κ2) is 5.99. The first kappa shape index (κ1) is 15.7. The van der Waals surface area contributed by atoms with Crippen LogP contribution in [0.2, 0.25) is 0 Å². The number of carbonyl (C=O) groups excluding carboxylic acids is 1. The van der Waals surface area contributed by atoms with Crippen molar-refractivity contribution in [2.45, 2.75) is 32.1 Å². The molecule has 6 nitrogen and oxygen atoms in total. The Kier molecular flexibility index (Phi) is 4.71. The van der Waals surface area contributed by atoms with E-state index in [1.807, 2.05) is 0 Å². The first-order valence-electron chi connectivity index (χ1n) is 7.20. The van der Waals surface area contributed by atoms with Crippen molar-refractivity contribution in [1.29, 1.82) is 0 Å². The van der Waals surface area contributed by atoms with Crippen molar-refractivity contribution in [3.05, 3.63) is 0 Å². The number of aliphatic hydroxyl groups excluding tert-OH is 1. The Hall–Kier alpha value is -0.660. The van der Waals surface area contributed by atoms with Crippen molar-refractivity contribution in [3.8, 4) is 0 Å². The normalized spacial score (nSPS) is 23.5. The molecule has 1 amide bonds. The van der Waals surface area contributed by atoms with Crippen LogP contribution in [0.1, 0.15) is 32.1 Å². The van der Waals surface area contributed by atoms with Crippen molar-refractivity contribution in [2.75, 3.05) is 32.5 Å². The van der Waals surface area contributed by atoms with Crippen molar-refractivity contribution in [1.82, 2.24) is 9.62 Å². The summed E-state index contributed by atoms with van der Waals surface area (Å²) < 4.78 is 24.2. The average Bonchev–Trinajstić information content (AvgIpc) is 3.16. The second-order valence-corrected chi connectivity index (χ2v) is 8.11. The molecule has 2 N–H and O–H groups in total. The van der Waals surface area contributed by atoms with Gasteiger partial charge in [0.1, 0.15) is 0 Å². The molecular weight excluding hydrogens is 280 g/mol. The van der Waals surface area contributed by atoms with Crippen LogP contribution in [0.3, 0.4) is 0 Å². The third-order valence-corrected chi connectivity index (χ3v) is 5.83. The van der Waals surface area contributed by atoms with Gasteiger partial charge in [-0.15, -0.1) is 0 Å². The van der Waals surface area contributed by atoms with Crippen molar-refractivity contribution in [3.63, 3.8) is 0 Å². The minimum Gasteiger partial charge on any atom is -0.396 e. The lowest BCUT2D eigenvalue weighted by Crippen LogP contribution is -2.43. The van der Waals surface area contributed by atoms with E-state index in [2.05, 4.69) is 5.32 Å². The summed E-state index contributed by atoms with van der Waals surface area (Å²) in [6, 6.07) is 0. The van der Waals surface area contributed by atoms with Crippen LogP contribution in [0.25, 0.3) is 0 Å². The summed E-state index contributed by atoms with van der Waals surface area (Å²) in [5.41, 5.74) is 0.123. The number of sulfonamides is 1. The molecule has 0 atom stereocenters. The monoisotopic (exact) mass is 304 g/mol. The molecule has 0 spiro atoms. The number of nitrogens with one attached hydrogen (secondary N) is 1. The van der Waals surface area contributed by atoms with Crippen molar-refractivity contribution < 1.29 is 18.3 Å². The lowest BCUT2D eigenvalue weighted by Gasteiger charge is -2.29. The first-order valence-corrected chi connectivity index (χ1v) is 9.05. The van der Waals surface area contributed by atoms with Crippen LogP contribution in [0.4, 0.5) is 0 Å². The molecule has 2 rings (SSSR count). The Balaban J connectivity index is 1.75. The van der Waals surface area contributed by atoms with Crippen LogP contribution in [0.5, 0.6) is 0 Å². The van der Waals surface area contributed by atoms with Crippen LogP contribution in [0.15, 0.2) is 0 Å². The van der Waals surface area contributed by atoms with Crippen LogP contribution in [0, 0.1) is 11.3 Å². The highest BCUT2D eigenvalue weighted by Gasteiger charge is 2.42. The lowest BCUT2D eigenvalue weighted by atomic mass is 9.96. The van der Waals surface area contributed by atoms with Gasteiger partial charge in [-0.05, 0) is 37.5 Å². The van der Waals surface area contributed by atoms with E-state index in [9.17, 15) is 13.2 Å². The number of aliphatic hydroxyl groups is 1. The predicted octanol–water partition coefficient (Wildman–Crippen LogP) is -0.0632. The fraction of sp³-hybridized carbons (Fsp3) is 0.923. The van der Waals surface area contributed by atoms with Gasteiger partial charge in [-0.3, -0.25) is 4.79 Å². The summed E-state index contributed by atoms with van der Waals surface area (Å²) in [6.07, 6.45) is 5.28. The quantitative estimate of drug-likeness (QED) is 0.719. The third kappa shape index (κ3) is 3.93. The molecule has 1 aliphatic heterocycles. The van der Waals surface area contributed by atoms with Crippen molar-refractivity contribution in [2.24, 2.45) is 11.3 Å². The zero-order valence-corrected chi connectivity index (χ0v) is 12.8. The van der Waals surface area contributed by atoms with E-state index in [1.54, 1.807) is 0 Å². The molecule has 0 aromatic carbocycles. The minimum absolute atomic E-state index is 0.0300. The van der Waals surface area contributed by atoms with E-state index in [4.69, 9.17) is 5.11 Å². The van der Waals surface area contributed by atoms with Crippen LogP contribution in [-0.4, -0.2) is 56.2 Å². The Bertz CT molecular complexity index is 451. The first-order chi connectivity index (χ1) is 9.36. The van der Waals surface area contributed by atoms with Gasteiger partial charge in [-0.1, -0.05) is 0 Å². The molecule has 2 fully saturated rings. The Morgan fingerprint density at radius 2 is 1.95 bits per heavy atom. The van der Waals surface area contributed by atoms with E-state index in [1.165, 1.54) is 10.6 Å². The smallest absolute Gasteiger partial charge is 0.223 e. The molecule has 7 heteroatoms. The molecule has 20 heavy (non-hydrogen) atoms. The SMILES string of the molecule is CS(=O)(=O)N1CCC(C(=O)NCC2(CCO)CC2)CC1. The highest BCUT2D eigenvalue weighted by atomic mass is 32.2. The molecule has 0 aromatic heterocycles. The maximum absolute atomic E-state index is 12.1. The molecule has 0 bridgehead atoms. The Morgan fingerprint density at radius 1 is 1.35 bits per heavy atom. The van der Waals surface area contributed by atoms with Gasteiger partial charge >= 0.3 is 0 Å². The molecule has 1 heterocycles. The fourth-order valence-corrected chi connectivity index (χ4v) is 3.67. The van der Waals surface area contributed by atoms with Gasteiger partial charge < -0.3 is 10.4 Å². The number of hydrogen-bond acceptors (Lipinski definition) is 4. The van der Waals surface area contributed by atoms with E-state index >= 15 is 0 Å². The fourth-order valence-electron chi connectivity index (χ4n) is 2.80. The van der Waals surface area contributed by atoms with Crippen molar-refractivity contribution >= 4 is 15.9 Å². The molecule has 1 saturated carbocycles. The van der Waals surface area contributed by atoms with E-state index in [-0.39, 0.29) is 23.8 Å². The van der Waals surface area contributed by atoms with Gasteiger partial charge in [0.05, 0.1) is 6.26 Å². The topological polar surface area (TPSA) is 86.7 Å². The second-order valence-electron chi connectivity index (χ2n) is 6.13. The summed E-state index contributed by atoms with van der Waals surface area (Å²) in [5.74, 6) is -0.0553. The van der Waals surface area contributed by atoms with Gasteiger partial charge in [-0.2, -0.15) is 0 Å². The zero-order chi connectivity index (χ0) is 14.8. The maximum atomic E-state index is 12.1. The largest absolute Gasteiger partial charge is 0.396 e. The summed E-state index contributed by atoms with van der Waals surface area (Å²) >= 11 is 0. The molecule has 1 saturated heterocycles. The molecule has 2 aliphatic rings. The van der Waals surface area contributed by atoms with Crippen LogP contribution in [-0.2, 0) is 14.8 Å². The van der Waals surface area contributed by atoms with Gasteiger partial charge in [-0.25, -0.2) is 12.7 Å². The zero-order valence-electron chi connectivity index (χ0n) is 12.0. The predicted molar refractivity (Wildman–Crippen MR) is 75.5 cm³/mol. The van der Waals surface area contributed by atoms with Gasteiger partial charge in [0.15, 0.2) is 0 Å². The van der Waals surface area contributed by atoms with Gasteiger partial charge in [0.2, 0.25) is 15.9 Å². The standard InChI is InChI=1S/C13H24N2O4S/c1-20(18,19)15-7-2-11(3-8-15)12(17)14-10-13(4-5-13)6-9-16/h11,16H,2-10H2,1H3,(H,14,17). The lowest BCUT2D eigenvalue weighted by molar-refractivity contribution is -0.126. The van der Waals surface area contributed by atoms with Crippen LogP contribution >= 0.6 is 0 Å². The molecule has 1 aliphatic carbocycles. The molecule has 0 aromatic rings. The van der Waals surface area contributed by atoms with Gasteiger partial charge in [0.25, 0.3) is 0 Å². The summed E-state index contributed by atoms with van der Waals surface area (Å²) in [7, 11) is -3.13. The summed E-state index contributed by atoms with van der Waals surface area (Å²) in [4.78, 5) is 12.1. The number of rotatable bonds is 6. The van der Waals surface area contributed by atoms with Gasteiger partial charge in [0, 0.05) is 32.2 Å². The number of carbonyl (C=O) groups is 1. The van der Waals surface area contributed by atoms with E-state index in [0.29, 0.717) is 32.5 Å². The number of piperidine rings is 1. The minimum atomic E-state index is -3.13. The number of nitrogens with zero attached hydrogens (tertiary/aromatic N) is 1. The van der Waals surface area contributed by atoms with Crippen LogP contribution < -0.4 is 5.32 Å². The Labute approximate surface area is 120 Å². The maximum Gasteiger partial charge on any atom is 0.223 e. The number of amides is 1. The molecular formula is C13H24N2O4S. The Morgan fingerprint density at radius 3 is 2.40 bits per heavy atom. The van der Waals surface area contributed by atoms with E-state index in [0.717, 1.165) is 19.3 Å². The summed E-state index contributed by atoms with van der Waals surface area (Å²) in [6.45, 7) is 1.67. The molecule has 116 valence electrons. The average molecular weight is 304 g/mol. The highest BCUT2D eigenvalue weighted by molar-refractivity contribution is 7.88. The number of hydrogen-bond donors (Lipinski definition) is 2. The third-order valence-electron chi connectivity index (χ3n) is 4.53. The summed E-state index contributed by atoms with van der Waals surface area (Å²) in [5, 5.41) is 12.0. The molecule has 0 radical (unpaired) electrons. The van der Waals surface area contributed by atoms with E-state index < -0.39 is 10.0 Å². The highest BCUT2D eigenvalue weighted by Crippen LogP contribution is 2.47.